The van der Waals surface area contributed by atoms with E-state index in [0.717, 1.165) is 0 Å². The summed E-state index contributed by atoms with van der Waals surface area (Å²) in [4.78, 5) is 43.6. The predicted molar refractivity (Wildman–Crippen MR) is 360 cm³/mol. The Hall–Kier alpha value is -6.58. The highest BCUT2D eigenvalue weighted by atomic mass is 16.7. The first kappa shape index (κ1) is 77.6. The number of esters is 1. The van der Waals surface area contributed by atoms with Crippen molar-refractivity contribution in [3.8, 4) is 23.0 Å². The summed E-state index contributed by atoms with van der Waals surface area (Å²) in [5.74, 6) is -9.08. The molecule has 23 atom stereocenters. The number of carbonyl (C=O) groups excluding carboxylic acids is 3. The number of Topliss-reactive ketones (excluding diaryl/α,β-unsaturated/α-hetero) is 1. The lowest BCUT2D eigenvalue weighted by Crippen LogP contribution is -2.68. The van der Waals surface area contributed by atoms with Crippen molar-refractivity contribution in [2.45, 2.75) is 210 Å². The average molecular weight is 1410 g/mol. The third-order valence-corrected chi connectivity index (χ3v) is 20.2. The van der Waals surface area contributed by atoms with Gasteiger partial charge >= 0.3 is 11.8 Å². The second-order valence-corrected chi connectivity index (χ2v) is 27.4. The minimum absolute atomic E-state index is 0.000233. The number of phenolic OH excluding ortho intramolecular Hbond substituents is 3. The van der Waals surface area contributed by atoms with Crippen LogP contribution in [0, 0.1) is 30.6 Å². The number of methoxy groups -OCH3 is 1. The van der Waals surface area contributed by atoms with Crippen LogP contribution in [-0.4, -0.2) is 264 Å². The van der Waals surface area contributed by atoms with Crippen molar-refractivity contribution in [3.63, 3.8) is 0 Å². The zero-order valence-electron chi connectivity index (χ0n) is 57.9. The Morgan fingerprint density at radius 1 is 0.810 bits per heavy atom. The molecule has 10 rings (SSSR count). The summed E-state index contributed by atoms with van der Waals surface area (Å²) in [7, 11) is 1.42. The summed E-state index contributed by atoms with van der Waals surface area (Å²) in [6, 6.07) is -3.48. The largest absolute Gasteiger partial charge is 0.507 e. The molecule has 1 amide bonds. The number of aryl methyl sites for hydroxylation is 1. The molecule has 0 unspecified atom stereocenters. The van der Waals surface area contributed by atoms with Crippen LogP contribution in [0.5, 0.6) is 23.0 Å². The predicted octanol–water partition coefficient (Wildman–Crippen LogP) is -0.980. The lowest BCUT2D eigenvalue weighted by atomic mass is 9.78. The minimum atomic E-state index is -2.13. The smallest absolute Gasteiger partial charge is 0.312 e. The number of ketones is 1. The van der Waals surface area contributed by atoms with E-state index in [2.05, 4.69) is 20.5 Å². The summed E-state index contributed by atoms with van der Waals surface area (Å²) in [5, 5.41) is 119. The van der Waals surface area contributed by atoms with Crippen molar-refractivity contribution in [2.24, 2.45) is 57.4 Å². The molecule has 5 bridgehead atoms. The van der Waals surface area contributed by atoms with Gasteiger partial charge in [-0.3, -0.25) is 29.0 Å². The number of anilines is 1. The fraction of sp³-hybridized carbons (Fsp3) is 0.672. The Labute approximate surface area is 579 Å². The zero-order valence-corrected chi connectivity index (χ0v) is 57.9. The molecule has 6 aliphatic heterocycles. The number of nitrogens with zero attached hydrogens (tertiary/aromatic N) is 6. The van der Waals surface area contributed by atoms with Crippen molar-refractivity contribution in [1.29, 1.82) is 0 Å². The standard InChI is InChI=1S/C67H102N12O21/c1-30-13-12-14-31(2)64(91)74-50-38(54(86)46-47(56(50)88)53(85)35(6)59-48(46)63(90)67(8,100-59)94-22-15-43(92-9)32(3)58(95-36(7)81)34(5)52(84)33(4)51(30)83)26-73-78-19-17-77(18-20-78)27-37-28-79(76-75-37)16-10-11-21-93-62-60(98-65-41(71)24-42(82)44(25-68)96-65)39(69)23-40(70)61(62)99-66-57(89)49(72)55(87)45(29-80)97-66/h12-15,22,26,28,30,32-34,39-45,49,51-52,55,57-58,60-62,65-66,80,82-89H,10-11,16-21,23-25,27,29,68-72H2,1-9H3,(H,74,91)/b13-12+,22-15+,31-14-,73-26+/t30-,32+,33+,34+,39-,40+,41+,42-,43-,44+,45+,49-,51-,52+,55+,57+,58+,60+,61-,62-,65+,66+,67-/m0/s1. The SMILES string of the molecule is CO[C@H]1/C=C/O[C@@]2(C)Oc3c(C)c(O)c4c(O)c(c(/C=N/N5CCN(Cc6cn(CCCCO[C@@H]7[C@@H](O[C@H]8O[C@H](CO)[C@@H](O)[C@H](N)[C@H]8O)[C@H](N)C[C@H](N)[C@H]7O[C@H]7O[C@H](CN)[C@@H](O)C[C@H]7N)nn6)CC5)c(O)c4c3C2=O)NC(=O)/C(C)=C\C=C\[C@H](C)[C@H](O)[C@@H](C)[C@@H](O)[C@@H](C)[C@H](OC(C)=O)[C@@H]1C. The number of nitrogens with one attached hydrogen (secondary N) is 1. The number of benzene rings is 2. The molecule has 4 fully saturated rings. The van der Waals surface area contributed by atoms with Crippen LogP contribution in [-0.2, 0) is 60.6 Å². The highest BCUT2D eigenvalue weighted by Crippen LogP contribution is 2.55. The first-order valence-corrected chi connectivity index (χ1v) is 34.0. The molecule has 3 saturated heterocycles. The maximum atomic E-state index is 14.8. The molecule has 1 aromatic heterocycles. The minimum Gasteiger partial charge on any atom is -0.507 e. The molecule has 100 heavy (non-hydrogen) atoms. The average Bonchev–Trinajstić information content (AvgIpc) is 1.48. The van der Waals surface area contributed by atoms with Gasteiger partial charge in [-0.2, -0.15) is 5.10 Å². The van der Waals surface area contributed by atoms with Gasteiger partial charge in [0.05, 0.1) is 89.6 Å². The first-order valence-electron chi connectivity index (χ1n) is 34.0. The summed E-state index contributed by atoms with van der Waals surface area (Å²) >= 11 is 0. The van der Waals surface area contributed by atoms with Gasteiger partial charge in [0.1, 0.15) is 60.0 Å². The molecule has 7 aliphatic rings. The summed E-state index contributed by atoms with van der Waals surface area (Å²) in [6.45, 7) is 14.5. The molecule has 0 spiro atoms. The highest BCUT2D eigenvalue weighted by Gasteiger charge is 2.53. The quantitative estimate of drug-likeness (QED) is 0.0239. The number of hydrogen-bond donors (Lipinski definition) is 15. The number of aromatic nitrogens is 3. The molecule has 1 aliphatic carbocycles. The summed E-state index contributed by atoms with van der Waals surface area (Å²) < 4.78 is 56.7. The lowest BCUT2D eigenvalue weighted by molar-refractivity contribution is -0.318. The van der Waals surface area contributed by atoms with Gasteiger partial charge in [-0.15, -0.1) is 5.10 Å². The van der Waals surface area contributed by atoms with Gasteiger partial charge in [-0.05, 0) is 45.6 Å². The molecular weight excluding hydrogens is 1310 g/mol. The van der Waals surface area contributed by atoms with Crippen LogP contribution < -0.4 is 38.7 Å². The second-order valence-electron chi connectivity index (χ2n) is 27.4. The number of aromatic hydroxyl groups is 3. The molecule has 7 heterocycles. The number of aliphatic hydroxyl groups excluding tert-OH is 6. The number of nitrogens with two attached hydrogens (primary N) is 5. The van der Waals surface area contributed by atoms with E-state index in [1.165, 1.54) is 59.4 Å². The van der Waals surface area contributed by atoms with E-state index < -0.39 is 181 Å². The van der Waals surface area contributed by atoms with Crippen LogP contribution in [0.2, 0.25) is 0 Å². The molecule has 2 aromatic carbocycles. The number of hydrazone groups is 1. The second kappa shape index (κ2) is 33.2. The van der Waals surface area contributed by atoms with Crippen LogP contribution in [0.15, 0.2) is 47.4 Å². The van der Waals surface area contributed by atoms with Gasteiger partial charge in [0.25, 0.3) is 11.7 Å². The molecular formula is C67H102N12O21. The Morgan fingerprint density at radius 3 is 2.15 bits per heavy atom. The maximum Gasteiger partial charge on any atom is 0.312 e. The van der Waals surface area contributed by atoms with Crippen molar-refractivity contribution < 1.29 is 103 Å². The maximum absolute atomic E-state index is 14.8. The molecule has 20 N–H and O–H groups in total. The number of unbranched alkanes of at least 4 members (excludes halogenated alkanes) is 1. The number of fused-ring (bicyclic) bond motifs is 14. The van der Waals surface area contributed by atoms with Crippen LogP contribution in [0.4, 0.5) is 5.69 Å². The van der Waals surface area contributed by atoms with Gasteiger partial charge in [0.2, 0.25) is 0 Å². The number of ether oxygens (including phenoxy) is 9. The van der Waals surface area contributed by atoms with Gasteiger partial charge in [0.15, 0.2) is 18.3 Å². The zero-order chi connectivity index (χ0) is 72.9. The number of carbonyl (C=O) groups is 3. The number of amides is 1. The Morgan fingerprint density at radius 2 is 1.49 bits per heavy atom. The van der Waals surface area contributed by atoms with Gasteiger partial charge in [0, 0.05) is 132 Å². The van der Waals surface area contributed by atoms with Gasteiger partial charge in [-0.25, -0.2) is 0 Å². The summed E-state index contributed by atoms with van der Waals surface area (Å²) in [6.07, 6.45) is -3.49. The number of rotatable bonds is 18. The van der Waals surface area contributed by atoms with E-state index in [-0.39, 0.29) is 70.5 Å². The number of piperazine rings is 1. The molecule has 1 saturated carbocycles. The van der Waals surface area contributed by atoms with E-state index in [1.54, 1.807) is 49.5 Å². The van der Waals surface area contributed by atoms with E-state index in [4.69, 9.17) is 76.4 Å². The number of hydrogen-bond acceptors (Lipinski definition) is 31. The van der Waals surface area contributed by atoms with Crippen LogP contribution in [0.3, 0.4) is 0 Å². The number of allylic oxidation sites excluding steroid dienone is 2. The Bertz CT molecular complexity index is 3460. The molecule has 33 heteroatoms. The van der Waals surface area contributed by atoms with E-state index in [1.807, 2.05) is 6.20 Å². The topological polar surface area (TPSA) is 508 Å². The van der Waals surface area contributed by atoms with Crippen molar-refractivity contribution in [3.05, 3.63) is 64.7 Å². The third kappa shape index (κ3) is 16.7. The molecule has 33 nitrogen and oxygen atoms in total. The third-order valence-electron chi connectivity index (χ3n) is 20.2. The summed E-state index contributed by atoms with van der Waals surface area (Å²) in [5.41, 5.74) is 31.8. The number of phenols is 3. The van der Waals surface area contributed by atoms with E-state index >= 15 is 0 Å². The number of aliphatic hydroxyl groups is 6. The van der Waals surface area contributed by atoms with Crippen LogP contribution in [0.1, 0.15) is 101 Å². The van der Waals surface area contributed by atoms with E-state index in [9.17, 15) is 60.3 Å². The molecule has 0 radical (unpaired) electrons. The Kier molecular flexibility index (Phi) is 25.8. The fourth-order valence-electron chi connectivity index (χ4n) is 14.0. The van der Waals surface area contributed by atoms with E-state index in [0.29, 0.717) is 57.8 Å². The van der Waals surface area contributed by atoms with Crippen molar-refractivity contribution in [1.82, 2.24) is 24.9 Å². The van der Waals surface area contributed by atoms with Crippen molar-refractivity contribution >= 4 is 40.3 Å². The van der Waals surface area contributed by atoms with Gasteiger partial charge < -0.3 is 123 Å². The monoisotopic (exact) mass is 1410 g/mol. The van der Waals surface area contributed by atoms with Crippen LogP contribution >= 0.6 is 0 Å². The Balaban J connectivity index is 0.893. The van der Waals surface area contributed by atoms with Gasteiger partial charge in [-0.1, -0.05) is 51.1 Å². The first-order chi connectivity index (χ1) is 47.4. The van der Waals surface area contributed by atoms with Crippen molar-refractivity contribution in [2.75, 3.05) is 58.4 Å². The molecule has 3 aromatic rings. The fourth-order valence-corrected chi connectivity index (χ4v) is 14.0. The van der Waals surface area contributed by atoms with Crippen LogP contribution in [0.25, 0.3) is 10.8 Å². The lowest BCUT2D eigenvalue weighted by Gasteiger charge is -2.49. The highest BCUT2D eigenvalue weighted by molar-refractivity contribution is 6.24. The normalized spacial score (nSPS) is 37.0. The molecule has 556 valence electrons.